The topological polar surface area (TPSA) is 98.5 Å². The summed E-state index contributed by atoms with van der Waals surface area (Å²) in [5, 5.41) is 0. The van der Waals surface area contributed by atoms with Crippen molar-refractivity contribution in [3.05, 3.63) is 65.2 Å². The van der Waals surface area contributed by atoms with E-state index in [4.69, 9.17) is 11.5 Å². The third-order valence-electron chi connectivity index (χ3n) is 4.90. The summed E-state index contributed by atoms with van der Waals surface area (Å²) < 4.78 is 52.6. The standard InChI is InChI=1S/C18H19F2N3O2S/c1-17(14-9-13(21)6-7-15(14)20)10-26(24,25)18(2,16(22)23-17)11-4-3-5-12(19)8-11/h3-9H,10,21H2,1-2H3,(H2,22,23). The normalized spacial score (nSPS) is 27.8. The zero-order valence-corrected chi connectivity index (χ0v) is 15.1. The van der Waals surface area contributed by atoms with Crippen LogP contribution in [-0.2, 0) is 20.1 Å². The van der Waals surface area contributed by atoms with Gasteiger partial charge < -0.3 is 11.5 Å². The molecule has 2 aromatic carbocycles. The van der Waals surface area contributed by atoms with Crippen LogP contribution in [0.4, 0.5) is 14.5 Å². The monoisotopic (exact) mass is 379 g/mol. The molecule has 0 saturated carbocycles. The number of aliphatic imine (C=N–C) groups is 1. The van der Waals surface area contributed by atoms with Crippen molar-refractivity contribution in [3.63, 3.8) is 0 Å². The van der Waals surface area contributed by atoms with Gasteiger partial charge in [-0.1, -0.05) is 12.1 Å². The van der Waals surface area contributed by atoms with E-state index in [-0.39, 0.29) is 22.6 Å². The fourth-order valence-electron chi connectivity index (χ4n) is 3.28. The number of benzene rings is 2. The average Bonchev–Trinajstić information content (AvgIpc) is 2.54. The molecule has 0 aliphatic carbocycles. The zero-order chi connectivity index (χ0) is 19.3. The van der Waals surface area contributed by atoms with Crippen molar-refractivity contribution >= 4 is 21.4 Å². The van der Waals surface area contributed by atoms with E-state index in [0.717, 1.165) is 12.1 Å². The van der Waals surface area contributed by atoms with Crippen LogP contribution >= 0.6 is 0 Å². The summed E-state index contributed by atoms with van der Waals surface area (Å²) in [6.07, 6.45) is 0. The Morgan fingerprint density at radius 3 is 2.38 bits per heavy atom. The molecular formula is C18H19F2N3O2S. The van der Waals surface area contributed by atoms with Crippen LogP contribution in [0.5, 0.6) is 0 Å². The summed E-state index contributed by atoms with van der Waals surface area (Å²) in [5.74, 6) is -1.92. The van der Waals surface area contributed by atoms with Gasteiger partial charge in [-0.05, 0) is 49.7 Å². The fraction of sp³-hybridized carbons (Fsp3) is 0.278. The highest BCUT2D eigenvalue weighted by atomic mass is 32.2. The smallest absolute Gasteiger partial charge is 0.169 e. The van der Waals surface area contributed by atoms with E-state index < -0.39 is 37.5 Å². The summed E-state index contributed by atoms with van der Waals surface area (Å²) in [4.78, 5) is 4.34. The number of halogens is 2. The highest BCUT2D eigenvalue weighted by molar-refractivity contribution is 7.93. The van der Waals surface area contributed by atoms with Gasteiger partial charge in [0, 0.05) is 11.3 Å². The van der Waals surface area contributed by atoms with Gasteiger partial charge in [0.25, 0.3) is 0 Å². The molecule has 1 aliphatic heterocycles. The second-order valence-corrected chi connectivity index (χ2v) is 9.15. The Labute approximate surface area is 150 Å². The molecule has 4 N–H and O–H groups in total. The van der Waals surface area contributed by atoms with Crippen LogP contribution in [0.1, 0.15) is 25.0 Å². The second kappa shape index (κ2) is 5.77. The number of nitrogens with zero attached hydrogens (tertiary/aromatic N) is 1. The molecule has 3 rings (SSSR count). The summed E-state index contributed by atoms with van der Waals surface area (Å²) in [6, 6.07) is 9.10. The molecule has 2 aromatic rings. The van der Waals surface area contributed by atoms with Crippen LogP contribution in [0.2, 0.25) is 0 Å². The minimum absolute atomic E-state index is 0.0466. The van der Waals surface area contributed by atoms with E-state index in [0.29, 0.717) is 0 Å². The Morgan fingerprint density at radius 1 is 1.08 bits per heavy atom. The molecule has 0 aromatic heterocycles. The molecule has 138 valence electrons. The van der Waals surface area contributed by atoms with Crippen molar-refractivity contribution < 1.29 is 17.2 Å². The van der Waals surface area contributed by atoms with Crippen molar-refractivity contribution in [3.8, 4) is 0 Å². The van der Waals surface area contributed by atoms with E-state index in [2.05, 4.69) is 4.99 Å². The van der Waals surface area contributed by atoms with Crippen LogP contribution in [0.15, 0.2) is 47.5 Å². The third-order valence-corrected chi connectivity index (χ3v) is 7.53. The van der Waals surface area contributed by atoms with Gasteiger partial charge in [-0.25, -0.2) is 17.2 Å². The first-order chi connectivity index (χ1) is 12.0. The second-order valence-electron chi connectivity index (χ2n) is 6.81. The highest BCUT2D eigenvalue weighted by Crippen LogP contribution is 2.42. The van der Waals surface area contributed by atoms with Crippen LogP contribution in [-0.4, -0.2) is 20.0 Å². The van der Waals surface area contributed by atoms with Crippen LogP contribution in [0, 0.1) is 11.6 Å². The van der Waals surface area contributed by atoms with E-state index in [1.807, 2.05) is 0 Å². The van der Waals surface area contributed by atoms with Crippen LogP contribution in [0.25, 0.3) is 0 Å². The van der Waals surface area contributed by atoms with Gasteiger partial charge in [-0.3, -0.25) is 4.99 Å². The first-order valence-corrected chi connectivity index (χ1v) is 9.54. The van der Waals surface area contributed by atoms with Crippen LogP contribution in [0.3, 0.4) is 0 Å². The molecule has 26 heavy (non-hydrogen) atoms. The SMILES string of the molecule is CC1(c2cc(N)ccc2F)CS(=O)(=O)C(C)(c2cccc(F)c2)C(N)=N1. The van der Waals surface area contributed by atoms with Gasteiger partial charge in [-0.15, -0.1) is 0 Å². The minimum atomic E-state index is -3.96. The van der Waals surface area contributed by atoms with Gasteiger partial charge in [0.05, 0.1) is 5.75 Å². The highest BCUT2D eigenvalue weighted by Gasteiger charge is 2.53. The number of nitrogen functional groups attached to an aromatic ring is 1. The molecule has 0 saturated heterocycles. The van der Waals surface area contributed by atoms with E-state index in [1.165, 1.54) is 44.2 Å². The molecule has 0 amide bonds. The van der Waals surface area contributed by atoms with E-state index >= 15 is 0 Å². The van der Waals surface area contributed by atoms with Gasteiger partial charge >= 0.3 is 0 Å². The lowest BCUT2D eigenvalue weighted by molar-refractivity contribution is 0.473. The number of hydrogen-bond donors (Lipinski definition) is 2. The van der Waals surface area contributed by atoms with Crippen molar-refractivity contribution in [2.24, 2.45) is 10.7 Å². The number of anilines is 1. The zero-order valence-electron chi connectivity index (χ0n) is 14.3. The van der Waals surface area contributed by atoms with Crippen molar-refractivity contribution in [1.82, 2.24) is 0 Å². The quantitative estimate of drug-likeness (QED) is 0.783. The molecule has 0 radical (unpaired) electrons. The molecule has 2 atom stereocenters. The first-order valence-electron chi connectivity index (χ1n) is 7.89. The molecule has 5 nitrogen and oxygen atoms in total. The van der Waals surface area contributed by atoms with Crippen LogP contribution < -0.4 is 11.5 Å². The summed E-state index contributed by atoms with van der Waals surface area (Å²) in [6.45, 7) is 2.87. The maximum absolute atomic E-state index is 14.3. The number of sulfone groups is 1. The van der Waals surface area contributed by atoms with Gasteiger partial charge in [0.15, 0.2) is 14.6 Å². The predicted molar refractivity (Wildman–Crippen MR) is 97.3 cm³/mol. The largest absolute Gasteiger partial charge is 0.399 e. The summed E-state index contributed by atoms with van der Waals surface area (Å²) >= 11 is 0. The molecule has 0 bridgehead atoms. The first kappa shape index (κ1) is 18.3. The van der Waals surface area contributed by atoms with Gasteiger partial charge in [-0.2, -0.15) is 0 Å². The Morgan fingerprint density at radius 2 is 1.77 bits per heavy atom. The minimum Gasteiger partial charge on any atom is -0.399 e. The third kappa shape index (κ3) is 2.65. The number of nitrogens with two attached hydrogens (primary N) is 2. The molecule has 2 unspecified atom stereocenters. The average molecular weight is 379 g/mol. The summed E-state index contributed by atoms with van der Waals surface area (Å²) in [7, 11) is -3.96. The Balaban J connectivity index is 2.23. The lowest BCUT2D eigenvalue weighted by Crippen LogP contribution is -2.54. The molecule has 0 spiro atoms. The van der Waals surface area contributed by atoms with Gasteiger partial charge in [0.1, 0.15) is 23.0 Å². The van der Waals surface area contributed by atoms with Gasteiger partial charge in [0.2, 0.25) is 0 Å². The van der Waals surface area contributed by atoms with Crippen molar-refractivity contribution in [1.29, 1.82) is 0 Å². The maximum atomic E-state index is 14.3. The predicted octanol–water partition coefficient (Wildman–Crippen LogP) is 2.46. The Kier molecular flexibility index (Phi) is 4.06. The molecule has 0 fully saturated rings. The number of amidine groups is 1. The molecular weight excluding hydrogens is 360 g/mol. The molecule has 8 heteroatoms. The lowest BCUT2D eigenvalue weighted by atomic mass is 9.91. The Bertz CT molecular complexity index is 1020. The lowest BCUT2D eigenvalue weighted by Gasteiger charge is -2.40. The summed E-state index contributed by atoms with van der Waals surface area (Å²) in [5.41, 5.74) is 10.9. The number of hydrogen-bond acceptors (Lipinski definition) is 5. The molecule has 1 heterocycles. The fourth-order valence-corrected chi connectivity index (χ4v) is 5.38. The van der Waals surface area contributed by atoms with E-state index in [1.54, 1.807) is 0 Å². The maximum Gasteiger partial charge on any atom is 0.169 e. The van der Waals surface area contributed by atoms with Crippen molar-refractivity contribution in [2.75, 3.05) is 11.5 Å². The van der Waals surface area contributed by atoms with Crippen molar-refractivity contribution in [2.45, 2.75) is 24.1 Å². The Hall–Kier alpha value is -2.48. The number of rotatable bonds is 2. The molecule has 1 aliphatic rings. The van der Waals surface area contributed by atoms with E-state index in [9.17, 15) is 17.2 Å².